The summed E-state index contributed by atoms with van der Waals surface area (Å²) in [5.41, 5.74) is 4.31. The van der Waals surface area contributed by atoms with Crippen molar-refractivity contribution in [3.05, 3.63) is 71.6 Å². The van der Waals surface area contributed by atoms with E-state index in [9.17, 15) is 13.2 Å². The number of nitrogens with zero attached hydrogens (tertiary/aromatic N) is 2. The summed E-state index contributed by atoms with van der Waals surface area (Å²) in [6, 6.07) is 9.11. The van der Waals surface area contributed by atoms with Crippen LogP contribution in [0.4, 0.5) is 5.82 Å². The van der Waals surface area contributed by atoms with Gasteiger partial charge in [0.25, 0.3) is 10.2 Å². The molecule has 1 aromatic carbocycles. The van der Waals surface area contributed by atoms with Crippen LogP contribution in [0.5, 0.6) is 0 Å². The molecule has 2 aromatic heterocycles. The lowest BCUT2D eigenvalue weighted by Gasteiger charge is -2.13. The average Bonchev–Trinajstić information content (AvgIpc) is 3.08. The molecule has 0 atom stereocenters. The van der Waals surface area contributed by atoms with Gasteiger partial charge in [0.15, 0.2) is 0 Å². The molecule has 3 rings (SSSR count). The van der Waals surface area contributed by atoms with E-state index in [1.807, 2.05) is 32.0 Å². The Labute approximate surface area is 187 Å². The molecule has 32 heavy (non-hydrogen) atoms. The fourth-order valence-electron chi connectivity index (χ4n) is 3.12. The molecule has 168 valence electrons. The van der Waals surface area contributed by atoms with Gasteiger partial charge in [-0.25, -0.2) is 9.71 Å². The van der Waals surface area contributed by atoms with Crippen molar-refractivity contribution in [1.29, 1.82) is 0 Å². The van der Waals surface area contributed by atoms with Gasteiger partial charge in [0, 0.05) is 42.9 Å². The minimum Gasteiger partial charge on any atom is -0.458 e. The van der Waals surface area contributed by atoms with Crippen molar-refractivity contribution in [2.75, 3.05) is 18.8 Å². The van der Waals surface area contributed by atoms with Crippen LogP contribution in [0.25, 0.3) is 22.6 Å². The number of allylic oxidation sites excluding steroid dienone is 1. The van der Waals surface area contributed by atoms with Crippen LogP contribution in [0, 0.1) is 6.92 Å². The first-order chi connectivity index (χ1) is 15.1. The van der Waals surface area contributed by atoms with Crippen LogP contribution in [0.1, 0.15) is 29.4 Å². The number of nitrogens with one attached hydrogen (secondary N) is 2. The maximum absolute atomic E-state index is 12.6. The number of rotatable bonds is 8. The first kappa shape index (κ1) is 23.2. The molecule has 8 nitrogen and oxygen atoms in total. The Bertz CT molecular complexity index is 1290. The van der Waals surface area contributed by atoms with E-state index in [4.69, 9.17) is 4.42 Å². The van der Waals surface area contributed by atoms with Gasteiger partial charge in [0.05, 0.1) is 6.54 Å². The number of aryl methyl sites for hydroxylation is 1. The first-order valence-corrected chi connectivity index (χ1v) is 11.4. The number of furan rings is 1. The van der Waals surface area contributed by atoms with E-state index in [0.717, 1.165) is 33.4 Å². The van der Waals surface area contributed by atoms with E-state index >= 15 is 0 Å². The minimum atomic E-state index is -3.63. The smallest absolute Gasteiger partial charge is 0.300 e. The number of hydrogen-bond acceptors (Lipinski definition) is 5. The van der Waals surface area contributed by atoms with Crippen molar-refractivity contribution in [3.63, 3.8) is 0 Å². The number of pyridine rings is 1. The lowest BCUT2D eigenvalue weighted by molar-refractivity contribution is -0.125. The van der Waals surface area contributed by atoms with E-state index in [1.165, 1.54) is 25.4 Å². The summed E-state index contributed by atoms with van der Waals surface area (Å²) >= 11 is 0. The van der Waals surface area contributed by atoms with Gasteiger partial charge < -0.3 is 9.32 Å². The molecule has 0 fully saturated rings. The predicted molar refractivity (Wildman–Crippen MR) is 127 cm³/mol. The number of fused-ring (bicyclic) bond motifs is 1. The Morgan fingerprint density at radius 3 is 2.66 bits per heavy atom. The summed E-state index contributed by atoms with van der Waals surface area (Å²) in [5, 5.41) is 1.01. The summed E-state index contributed by atoms with van der Waals surface area (Å²) in [6.45, 7) is 8.24. The standard InChI is InChI=1S/C23H26N4O4S/c1-15(2)18-7-6-8-19-16(3)20(31-23(18)19)14-27(5)22(28)12-10-17-9-11-21(25-13-17)26-32(29,30)24-4/h6-13,24H,1,14H2,2-5H3,(H,25,26)/b12-10+. The molecule has 9 heteroatoms. The highest BCUT2D eigenvalue weighted by Gasteiger charge is 2.16. The monoisotopic (exact) mass is 454 g/mol. The Kier molecular flexibility index (Phi) is 6.81. The highest BCUT2D eigenvalue weighted by molar-refractivity contribution is 7.90. The number of hydrogen-bond donors (Lipinski definition) is 2. The maximum Gasteiger partial charge on any atom is 0.300 e. The largest absolute Gasteiger partial charge is 0.458 e. The number of aromatic nitrogens is 1. The third-order valence-corrected chi connectivity index (χ3v) is 6.01. The molecule has 2 N–H and O–H groups in total. The summed E-state index contributed by atoms with van der Waals surface area (Å²) in [7, 11) is -0.627. The molecule has 0 aliphatic rings. The number of carbonyl (C=O) groups excluding carboxylic acids is 1. The van der Waals surface area contributed by atoms with Crippen LogP contribution in [0.3, 0.4) is 0 Å². The van der Waals surface area contributed by atoms with Crippen molar-refractivity contribution < 1.29 is 17.6 Å². The molecule has 0 bridgehead atoms. The summed E-state index contributed by atoms with van der Waals surface area (Å²) < 4.78 is 33.5. The molecule has 0 unspecified atom stereocenters. The molecule has 0 radical (unpaired) electrons. The Hall–Kier alpha value is -3.43. The Balaban J connectivity index is 1.70. The molecule has 0 saturated heterocycles. The molecule has 0 saturated carbocycles. The molecule has 0 spiro atoms. The van der Waals surface area contributed by atoms with Crippen molar-refractivity contribution in [2.24, 2.45) is 0 Å². The topological polar surface area (TPSA) is 105 Å². The third-order valence-electron chi connectivity index (χ3n) is 4.99. The minimum absolute atomic E-state index is 0.175. The zero-order valence-electron chi connectivity index (χ0n) is 18.5. The SMILES string of the molecule is C=C(C)c1cccc2c(C)c(CN(C)C(=O)/C=C/c3ccc(NS(=O)(=O)NC)nc3)oc12. The van der Waals surface area contributed by atoms with Crippen molar-refractivity contribution in [3.8, 4) is 0 Å². The quantitative estimate of drug-likeness (QED) is 0.505. The second-order valence-corrected chi connectivity index (χ2v) is 9.05. The summed E-state index contributed by atoms with van der Waals surface area (Å²) in [5.74, 6) is 0.695. The van der Waals surface area contributed by atoms with E-state index in [-0.39, 0.29) is 11.7 Å². The van der Waals surface area contributed by atoms with Crippen molar-refractivity contribution in [2.45, 2.75) is 20.4 Å². The van der Waals surface area contributed by atoms with Gasteiger partial charge in [-0.05, 0) is 43.2 Å². The Morgan fingerprint density at radius 2 is 2.03 bits per heavy atom. The van der Waals surface area contributed by atoms with Gasteiger partial charge in [-0.2, -0.15) is 8.42 Å². The van der Waals surface area contributed by atoms with E-state index in [1.54, 1.807) is 24.1 Å². The van der Waals surface area contributed by atoms with Crippen LogP contribution in [0.15, 0.2) is 53.6 Å². The van der Waals surface area contributed by atoms with E-state index in [2.05, 4.69) is 21.0 Å². The van der Waals surface area contributed by atoms with Crippen molar-refractivity contribution >= 4 is 44.6 Å². The lowest BCUT2D eigenvalue weighted by Crippen LogP contribution is -2.26. The second kappa shape index (κ2) is 9.37. The van der Waals surface area contributed by atoms with Crippen LogP contribution in [-0.4, -0.2) is 38.3 Å². The molecule has 0 aliphatic heterocycles. The van der Waals surface area contributed by atoms with Crippen LogP contribution >= 0.6 is 0 Å². The molecule has 1 amide bonds. The fraction of sp³-hybridized carbons (Fsp3) is 0.217. The lowest BCUT2D eigenvalue weighted by atomic mass is 10.0. The summed E-state index contributed by atoms with van der Waals surface area (Å²) in [6.07, 6.45) is 4.53. The number of carbonyl (C=O) groups is 1. The Morgan fingerprint density at radius 1 is 1.28 bits per heavy atom. The summed E-state index contributed by atoms with van der Waals surface area (Å²) in [4.78, 5) is 18.2. The van der Waals surface area contributed by atoms with Crippen molar-refractivity contribution in [1.82, 2.24) is 14.6 Å². The molecule has 0 aliphatic carbocycles. The molecule has 2 heterocycles. The molecular weight excluding hydrogens is 428 g/mol. The molecule has 3 aromatic rings. The fourth-order valence-corrected chi connectivity index (χ4v) is 3.62. The highest BCUT2D eigenvalue weighted by atomic mass is 32.2. The van der Waals surface area contributed by atoms with E-state index in [0.29, 0.717) is 12.1 Å². The van der Waals surface area contributed by atoms with Gasteiger partial charge in [-0.1, -0.05) is 24.8 Å². The van der Waals surface area contributed by atoms with Crippen LogP contribution in [-0.2, 0) is 21.5 Å². The van der Waals surface area contributed by atoms with Gasteiger partial charge in [-0.3, -0.25) is 9.52 Å². The zero-order chi connectivity index (χ0) is 23.5. The first-order valence-electron chi connectivity index (χ1n) is 9.88. The maximum atomic E-state index is 12.6. The molecular formula is C23H26N4O4S. The third kappa shape index (κ3) is 5.24. The normalized spacial score (nSPS) is 11.8. The van der Waals surface area contributed by atoms with Gasteiger partial charge >= 0.3 is 0 Å². The van der Waals surface area contributed by atoms with Crippen LogP contribution in [0.2, 0.25) is 0 Å². The predicted octanol–water partition coefficient (Wildman–Crippen LogP) is 3.72. The van der Waals surface area contributed by atoms with E-state index < -0.39 is 10.2 Å². The number of amides is 1. The van der Waals surface area contributed by atoms with Gasteiger partial charge in [0.2, 0.25) is 5.91 Å². The average molecular weight is 455 g/mol. The number of benzene rings is 1. The second-order valence-electron chi connectivity index (χ2n) is 7.43. The highest BCUT2D eigenvalue weighted by Crippen LogP contribution is 2.31. The number of likely N-dealkylation sites (N-methyl/N-ethyl adjacent to an activating group) is 1. The number of anilines is 1. The van der Waals surface area contributed by atoms with Gasteiger partial charge in [0.1, 0.15) is 17.2 Å². The zero-order valence-corrected chi connectivity index (χ0v) is 19.3. The van der Waals surface area contributed by atoms with Gasteiger partial charge in [-0.15, -0.1) is 0 Å². The number of para-hydroxylation sites is 1. The van der Waals surface area contributed by atoms with Crippen LogP contribution < -0.4 is 9.44 Å².